The molecule has 1 aliphatic heterocycles. The molecule has 2 aromatic rings. The number of hydrogen-bond donors (Lipinski definition) is 2. The van der Waals surface area contributed by atoms with Crippen molar-refractivity contribution in [1.82, 2.24) is 20.7 Å². The summed E-state index contributed by atoms with van der Waals surface area (Å²) in [6.45, 7) is 4.90. The molecule has 3 amide bonds. The van der Waals surface area contributed by atoms with Gasteiger partial charge in [0.25, 0.3) is 0 Å². The second kappa shape index (κ2) is 8.03. The van der Waals surface area contributed by atoms with Crippen molar-refractivity contribution in [1.29, 1.82) is 0 Å². The van der Waals surface area contributed by atoms with Crippen LogP contribution in [-0.4, -0.2) is 35.1 Å². The van der Waals surface area contributed by atoms with E-state index in [-0.39, 0.29) is 24.5 Å². The van der Waals surface area contributed by atoms with Gasteiger partial charge in [0.2, 0.25) is 5.91 Å². The maximum absolute atomic E-state index is 12.5. The van der Waals surface area contributed by atoms with Crippen LogP contribution in [0.15, 0.2) is 34.9 Å². The summed E-state index contributed by atoms with van der Waals surface area (Å²) in [5.41, 5.74) is 2.96. The lowest BCUT2D eigenvalue weighted by atomic mass is 10.1. The molecule has 1 aromatic carbocycles. The van der Waals surface area contributed by atoms with Gasteiger partial charge >= 0.3 is 6.03 Å². The van der Waals surface area contributed by atoms with Crippen LogP contribution in [0.1, 0.15) is 41.5 Å². The van der Waals surface area contributed by atoms with E-state index in [2.05, 4.69) is 15.8 Å². The van der Waals surface area contributed by atoms with Gasteiger partial charge in [0.05, 0.1) is 12.6 Å². The van der Waals surface area contributed by atoms with Gasteiger partial charge in [-0.15, -0.1) is 0 Å². The fraction of sp³-hybridized carbons (Fsp3) is 0.421. The molecule has 7 nitrogen and oxygen atoms in total. The number of carbonyl (C=O) groups is 2. The third-order valence-corrected chi connectivity index (χ3v) is 4.53. The molecular formula is C19H24N4O3. The van der Waals surface area contributed by atoms with E-state index in [9.17, 15) is 9.59 Å². The van der Waals surface area contributed by atoms with E-state index in [1.165, 1.54) is 5.56 Å². The minimum Gasteiger partial charge on any atom is -0.361 e. The van der Waals surface area contributed by atoms with E-state index >= 15 is 0 Å². The Morgan fingerprint density at radius 2 is 2.00 bits per heavy atom. The molecule has 1 aromatic heterocycles. The number of aryl methyl sites for hydroxylation is 2. The molecule has 0 aliphatic carbocycles. The Balaban J connectivity index is 1.46. The summed E-state index contributed by atoms with van der Waals surface area (Å²) in [5, 5.41) is 9.42. The SMILES string of the molecule is Cc1ccc(CNC(=O)NCC(=O)N2CCC[C@H]2c2cc(C)on2)cc1. The summed E-state index contributed by atoms with van der Waals surface area (Å²) in [6.07, 6.45) is 1.78. The number of benzene rings is 1. The molecule has 2 heterocycles. The van der Waals surface area contributed by atoms with Crippen LogP contribution in [0.5, 0.6) is 0 Å². The highest BCUT2D eigenvalue weighted by molar-refractivity contribution is 5.84. The normalized spacial score (nSPS) is 16.5. The van der Waals surface area contributed by atoms with Crippen molar-refractivity contribution in [2.75, 3.05) is 13.1 Å². The molecule has 2 N–H and O–H groups in total. The van der Waals surface area contributed by atoms with Crippen LogP contribution < -0.4 is 10.6 Å². The average Bonchev–Trinajstić information content (AvgIpc) is 3.27. The Morgan fingerprint density at radius 3 is 2.69 bits per heavy atom. The minimum atomic E-state index is -0.355. The predicted octanol–water partition coefficient (Wildman–Crippen LogP) is 2.45. The maximum Gasteiger partial charge on any atom is 0.315 e. The van der Waals surface area contributed by atoms with E-state index in [0.29, 0.717) is 13.1 Å². The van der Waals surface area contributed by atoms with E-state index in [4.69, 9.17) is 4.52 Å². The molecule has 1 fully saturated rings. The first kappa shape index (κ1) is 18.0. The molecule has 0 radical (unpaired) electrons. The topological polar surface area (TPSA) is 87.5 Å². The van der Waals surface area contributed by atoms with E-state index in [1.54, 1.807) is 4.90 Å². The lowest BCUT2D eigenvalue weighted by Gasteiger charge is -2.23. The fourth-order valence-electron chi connectivity index (χ4n) is 3.12. The molecule has 1 atom stereocenters. The number of nitrogens with one attached hydrogen (secondary N) is 2. The van der Waals surface area contributed by atoms with Crippen molar-refractivity contribution in [3.8, 4) is 0 Å². The van der Waals surface area contributed by atoms with Gasteiger partial charge in [-0.05, 0) is 32.3 Å². The summed E-state index contributed by atoms with van der Waals surface area (Å²) >= 11 is 0. The van der Waals surface area contributed by atoms with Gasteiger partial charge in [0.15, 0.2) is 0 Å². The first-order valence-electron chi connectivity index (χ1n) is 8.83. The number of hydrogen-bond acceptors (Lipinski definition) is 4. The summed E-state index contributed by atoms with van der Waals surface area (Å²) in [5.74, 6) is 0.617. The van der Waals surface area contributed by atoms with Crippen LogP contribution in [0.2, 0.25) is 0 Å². The quantitative estimate of drug-likeness (QED) is 0.861. The maximum atomic E-state index is 12.5. The summed E-state index contributed by atoms with van der Waals surface area (Å²) in [7, 11) is 0. The molecule has 0 saturated carbocycles. The molecular weight excluding hydrogens is 332 g/mol. The van der Waals surface area contributed by atoms with Crippen molar-refractivity contribution < 1.29 is 14.1 Å². The lowest BCUT2D eigenvalue weighted by molar-refractivity contribution is -0.131. The van der Waals surface area contributed by atoms with Crippen LogP contribution >= 0.6 is 0 Å². The molecule has 3 rings (SSSR count). The summed E-state index contributed by atoms with van der Waals surface area (Å²) in [4.78, 5) is 26.2. The Hall–Kier alpha value is -2.83. The van der Waals surface area contributed by atoms with Crippen molar-refractivity contribution in [2.45, 2.75) is 39.3 Å². The Labute approximate surface area is 152 Å². The number of nitrogens with zero attached hydrogens (tertiary/aromatic N) is 2. The highest BCUT2D eigenvalue weighted by Gasteiger charge is 2.31. The molecule has 26 heavy (non-hydrogen) atoms. The van der Waals surface area contributed by atoms with Crippen molar-refractivity contribution in [3.63, 3.8) is 0 Å². The number of aromatic nitrogens is 1. The van der Waals surface area contributed by atoms with E-state index in [0.717, 1.165) is 29.9 Å². The Bertz CT molecular complexity index is 769. The number of carbonyl (C=O) groups excluding carboxylic acids is 2. The highest BCUT2D eigenvalue weighted by Crippen LogP contribution is 2.31. The zero-order chi connectivity index (χ0) is 18.5. The molecule has 138 valence electrons. The number of rotatable bonds is 5. The number of amides is 3. The molecule has 7 heteroatoms. The van der Waals surface area contributed by atoms with Crippen molar-refractivity contribution in [3.05, 3.63) is 52.9 Å². The third-order valence-electron chi connectivity index (χ3n) is 4.53. The second-order valence-electron chi connectivity index (χ2n) is 6.63. The molecule has 1 saturated heterocycles. The standard InChI is InChI=1S/C19H24N4O3/c1-13-5-7-15(8-6-13)11-20-19(25)21-12-18(24)23-9-3-4-17(23)16-10-14(2)26-22-16/h5-8,10,17H,3-4,9,11-12H2,1-2H3,(H2,20,21,25)/t17-/m0/s1. The van der Waals surface area contributed by atoms with Crippen LogP contribution in [-0.2, 0) is 11.3 Å². The van der Waals surface area contributed by atoms with Gasteiger partial charge in [-0.25, -0.2) is 4.79 Å². The van der Waals surface area contributed by atoms with Crippen LogP contribution in [0.4, 0.5) is 4.79 Å². The lowest BCUT2D eigenvalue weighted by Crippen LogP contribution is -2.43. The predicted molar refractivity (Wildman–Crippen MR) is 96.3 cm³/mol. The molecule has 0 unspecified atom stereocenters. The first-order chi connectivity index (χ1) is 12.5. The Morgan fingerprint density at radius 1 is 1.23 bits per heavy atom. The largest absolute Gasteiger partial charge is 0.361 e. The van der Waals surface area contributed by atoms with Crippen molar-refractivity contribution in [2.24, 2.45) is 0 Å². The monoisotopic (exact) mass is 356 g/mol. The second-order valence-corrected chi connectivity index (χ2v) is 6.63. The van der Waals surface area contributed by atoms with Gasteiger partial charge in [0, 0.05) is 19.2 Å². The molecule has 0 bridgehead atoms. The molecule has 0 spiro atoms. The zero-order valence-corrected chi connectivity index (χ0v) is 15.1. The van der Waals surface area contributed by atoms with Gasteiger partial charge in [-0.3, -0.25) is 4.79 Å². The van der Waals surface area contributed by atoms with E-state index < -0.39 is 0 Å². The molecule has 1 aliphatic rings. The Kier molecular flexibility index (Phi) is 5.55. The van der Waals surface area contributed by atoms with Crippen LogP contribution in [0.3, 0.4) is 0 Å². The van der Waals surface area contributed by atoms with Crippen LogP contribution in [0, 0.1) is 13.8 Å². The average molecular weight is 356 g/mol. The van der Waals surface area contributed by atoms with Crippen molar-refractivity contribution >= 4 is 11.9 Å². The third kappa shape index (κ3) is 4.41. The van der Waals surface area contributed by atoms with Gasteiger partial charge in [-0.1, -0.05) is 35.0 Å². The summed E-state index contributed by atoms with van der Waals surface area (Å²) < 4.78 is 5.12. The van der Waals surface area contributed by atoms with Crippen LogP contribution in [0.25, 0.3) is 0 Å². The van der Waals surface area contributed by atoms with Gasteiger partial charge in [-0.2, -0.15) is 0 Å². The fourth-order valence-corrected chi connectivity index (χ4v) is 3.12. The number of urea groups is 1. The highest BCUT2D eigenvalue weighted by atomic mass is 16.5. The van der Waals surface area contributed by atoms with Gasteiger partial charge in [0.1, 0.15) is 11.5 Å². The first-order valence-corrected chi connectivity index (χ1v) is 8.83. The number of likely N-dealkylation sites (tertiary alicyclic amines) is 1. The van der Waals surface area contributed by atoms with E-state index in [1.807, 2.05) is 44.2 Å². The summed E-state index contributed by atoms with van der Waals surface area (Å²) in [6, 6.07) is 9.36. The zero-order valence-electron chi connectivity index (χ0n) is 15.1. The minimum absolute atomic E-state index is 0.0347. The van der Waals surface area contributed by atoms with Gasteiger partial charge < -0.3 is 20.1 Å². The smallest absolute Gasteiger partial charge is 0.315 e.